The fourth-order valence-electron chi connectivity index (χ4n) is 2.22. The van der Waals surface area contributed by atoms with Crippen LogP contribution in [-0.4, -0.2) is 35.2 Å². The molecular formula is C12H25NO. The van der Waals surface area contributed by atoms with E-state index in [4.69, 9.17) is 0 Å². The van der Waals surface area contributed by atoms with Gasteiger partial charge in [0.05, 0.1) is 6.10 Å². The second-order valence-electron chi connectivity index (χ2n) is 4.59. The minimum Gasteiger partial charge on any atom is -0.393 e. The number of hydrogen-bond donors (Lipinski definition) is 1. The number of nitrogens with zero attached hydrogens (tertiary/aromatic N) is 1. The molecule has 0 aromatic rings. The number of aliphatic hydroxyl groups excluding tert-OH is 1. The molecule has 84 valence electrons. The summed E-state index contributed by atoms with van der Waals surface area (Å²) in [4.78, 5) is 2.58. The van der Waals surface area contributed by atoms with E-state index in [1.807, 2.05) is 6.92 Å². The van der Waals surface area contributed by atoms with Crippen molar-refractivity contribution in [3.63, 3.8) is 0 Å². The number of aliphatic hydroxyl groups is 1. The largest absolute Gasteiger partial charge is 0.393 e. The molecule has 1 heterocycles. The zero-order valence-electron chi connectivity index (χ0n) is 9.71. The third kappa shape index (κ3) is 3.97. The maximum absolute atomic E-state index is 9.43. The van der Waals surface area contributed by atoms with Gasteiger partial charge in [-0.15, -0.1) is 0 Å². The fraction of sp³-hybridized carbons (Fsp3) is 1.00. The summed E-state index contributed by atoms with van der Waals surface area (Å²) < 4.78 is 0. The van der Waals surface area contributed by atoms with Crippen molar-refractivity contribution in [2.24, 2.45) is 0 Å². The molecule has 0 radical (unpaired) electrons. The van der Waals surface area contributed by atoms with Gasteiger partial charge in [0.1, 0.15) is 0 Å². The molecule has 2 atom stereocenters. The van der Waals surface area contributed by atoms with Gasteiger partial charge in [-0.25, -0.2) is 0 Å². The van der Waals surface area contributed by atoms with E-state index in [1.54, 1.807) is 0 Å². The van der Waals surface area contributed by atoms with E-state index in [-0.39, 0.29) is 6.10 Å². The topological polar surface area (TPSA) is 23.5 Å². The van der Waals surface area contributed by atoms with Gasteiger partial charge in [0.15, 0.2) is 0 Å². The fourth-order valence-corrected chi connectivity index (χ4v) is 2.22. The van der Waals surface area contributed by atoms with E-state index in [1.165, 1.54) is 32.4 Å². The first-order valence-electron chi connectivity index (χ1n) is 6.16. The summed E-state index contributed by atoms with van der Waals surface area (Å²) in [6.45, 7) is 6.82. The minimum atomic E-state index is -0.0740. The minimum absolute atomic E-state index is 0.0740. The Labute approximate surface area is 88.3 Å². The Morgan fingerprint density at radius 2 is 2.21 bits per heavy atom. The van der Waals surface area contributed by atoms with Crippen molar-refractivity contribution in [2.75, 3.05) is 13.1 Å². The Hall–Kier alpha value is -0.0800. The molecule has 0 spiro atoms. The third-order valence-corrected chi connectivity index (χ3v) is 3.39. The number of likely N-dealkylation sites (tertiary alicyclic amines) is 1. The van der Waals surface area contributed by atoms with E-state index in [9.17, 15) is 5.11 Å². The molecule has 1 rings (SSSR count). The summed E-state index contributed by atoms with van der Waals surface area (Å²) in [7, 11) is 0. The molecular weight excluding hydrogens is 174 g/mol. The van der Waals surface area contributed by atoms with Crippen molar-refractivity contribution >= 4 is 0 Å². The van der Waals surface area contributed by atoms with Crippen LogP contribution in [0.3, 0.4) is 0 Å². The molecule has 1 fully saturated rings. The highest BCUT2D eigenvalue weighted by atomic mass is 16.3. The number of piperidine rings is 1. The first-order valence-corrected chi connectivity index (χ1v) is 6.16. The van der Waals surface area contributed by atoms with Gasteiger partial charge in [0.25, 0.3) is 0 Å². The lowest BCUT2D eigenvalue weighted by Crippen LogP contribution is -2.38. The quantitative estimate of drug-likeness (QED) is 0.735. The van der Waals surface area contributed by atoms with Gasteiger partial charge in [-0.2, -0.15) is 0 Å². The Bertz CT molecular complexity index is 149. The van der Waals surface area contributed by atoms with Gasteiger partial charge in [-0.3, -0.25) is 0 Å². The average Bonchev–Trinajstić information content (AvgIpc) is 2.20. The Morgan fingerprint density at radius 1 is 1.43 bits per heavy atom. The highest BCUT2D eigenvalue weighted by Gasteiger charge is 2.17. The SMILES string of the molecule is CCC(O)CCCN1CCCCC1C. The molecule has 2 nitrogen and oxygen atoms in total. The summed E-state index contributed by atoms with van der Waals surface area (Å²) in [5, 5.41) is 9.43. The lowest BCUT2D eigenvalue weighted by Gasteiger charge is -2.33. The van der Waals surface area contributed by atoms with Gasteiger partial charge in [0.2, 0.25) is 0 Å². The third-order valence-electron chi connectivity index (χ3n) is 3.39. The number of rotatable bonds is 5. The monoisotopic (exact) mass is 199 g/mol. The van der Waals surface area contributed by atoms with Crippen LogP contribution in [0.1, 0.15) is 52.4 Å². The van der Waals surface area contributed by atoms with E-state index >= 15 is 0 Å². The maximum atomic E-state index is 9.43. The van der Waals surface area contributed by atoms with Crippen LogP contribution in [-0.2, 0) is 0 Å². The zero-order valence-corrected chi connectivity index (χ0v) is 9.71. The van der Waals surface area contributed by atoms with Gasteiger partial charge >= 0.3 is 0 Å². The molecule has 0 saturated carbocycles. The van der Waals surface area contributed by atoms with Crippen molar-refractivity contribution < 1.29 is 5.11 Å². The van der Waals surface area contributed by atoms with E-state index in [2.05, 4.69) is 11.8 Å². The Kier molecular flexibility index (Phi) is 5.49. The van der Waals surface area contributed by atoms with E-state index in [0.29, 0.717) is 0 Å². The van der Waals surface area contributed by atoms with Crippen LogP contribution in [0.4, 0.5) is 0 Å². The van der Waals surface area contributed by atoms with Crippen molar-refractivity contribution in [3.05, 3.63) is 0 Å². The summed E-state index contributed by atoms with van der Waals surface area (Å²) in [5.41, 5.74) is 0. The van der Waals surface area contributed by atoms with Gasteiger partial charge in [-0.05, 0) is 52.1 Å². The molecule has 1 N–H and O–H groups in total. The first-order chi connectivity index (χ1) is 6.74. The zero-order chi connectivity index (χ0) is 10.4. The predicted molar refractivity (Wildman–Crippen MR) is 60.4 cm³/mol. The maximum Gasteiger partial charge on any atom is 0.0538 e. The molecule has 0 bridgehead atoms. The lowest BCUT2D eigenvalue weighted by atomic mass is 10.0. The summed E-state index contributed by atoms with van der Waals surface area (Å²) in [5.74, 6) is 0. The Balaban J connectivity index is 2.10. The second-order valence-corrected chi connectivity index (χ2v) is 4.59. The summed E-state index contributed by atoms with van der Waals surface area (Å²) in [6, 6.07) is 0.766. The van der Waals surface area contributed by atoms with Gasteiger partial charge in [-0.1, -0.05) is 13.3 Å². The normalized spacial score (nSPS) is 26.4. The number of hydrogen-bond acceptors (Lipinski definition) is 2. The molecule has 14 heavy (non-hydrogen) atoms. The smallest absolute Gasteiger partial charge is 0.0538 e. The van der Waals surface area contributed by atoms with Crippen LogP contribution in [0.25, 0.3) is 0 Å². The predicted octanol–water partition coefficient (Wildman–Crippen LogP) is 2.41. The molecule has 1 aliphatic rings. The molecule has 1 saturated heterocycles. The molecule has 0 aromatic carbocycles. The van der Waals surface area contributed by atoms with Crippen molar-refractivity contribution in [1.29, 1.82) is 0 Å². The van der Waals surface area contributed by atoms with Crippen LogP contribution in [0, 0.1) is 0 Å². The van der Waals surface area contributed by atoms with Crippen molar-refractivity contribution in [1.82, 2.24) is 4.90 Å². The molecule has 1 aliphatic heterocycles. The molecule has 0 aromatic heterocycles. The lowest BCUT2D eigenvalue weighted by molar-refractivity contribution is 0.128. The molecule has 0 amide bonds. The van der Waals surface area contributed by atoms with E-state index in [0.717, 1.165) is 25.3 Å². The molecule has 2 unspecified atom stereocenters. The molecule has 0 aliphatic carbocycles. The first kappa shape index (κ1) is 12.0. The summed E-state index contributed by atoms with van der Waals surface area (Å²) in [6.07, 6.45) is 7.07. The van der Waals surface area contributed by atoms with Crippen LogP contribution >= 0.6 is 0 Å². The summed E-state index contributed by atoms with van der Waals surface area (Å²) >= 11 is 0. The van der Waals surface area contributed by atoms with Gasteiger partial charge < -0.3 is 10.0 Å². The van der Waals surface area contributed by atoms with Crippen LogP contribution in [0.5, 0.6) is 0 Å². The van der Waals surface area contributed by atoms with Crippen LogP contribution < -0.4 is 0 Å². The molecule has 2 heteroatoms. The average molecular weight is 199 g/mol. The van der Waals surface area contributed by atoms with Gasteiger partial charge in [0, 0.05) is 6.04 Å². The Morgan fingerprint density at radius 3 is 2.86 bits per heavy atom. The van der Waals surface area contributed by atoms with Crippen molar-refractivity contribution in [2.45, 2.75) is 64.5 Å². The van der Waals surface area contributed by atoms with E-state index < -0.39 is 0 Å². The highest BCUT2D eigenvalue weighted by molar-refractivity contribution is 4.73. The highest BCUT2D eigenvalue weighted by Crippen LogP contribution is 2.17. The second kappa shape index (κ2) is 6.41. The van der Waals surface area contributed by atoms with Crippen LogP contribution in [0.2, 0.25) is 0 Å². The van der Waals surface area contributed by atoms with Crippen molar-refractivity contribution in [3.8, 4) is 0 Å². The standard InChI is InChI=1S/C12H25NO/c1-3-12(14)8-6-10-13-9-5-4-7-11(13)2/h11-12,14H,3-10H2,1-2H3. The van der Waals surface area contributed by atoms with Crippen LogP contribution in [0.15, 0.2) is 0 Å².